The van der Waals surface area contributed by atoms with E-state index in [0.29, 0.717) is 28.6 Å². The first-order valence-corrected chi connectivity index (χ1v) is 11.2. The molecule has 0 unspecified atom stereocenters. The molecule has 3 aliphatic carbocycles. The van der Waals surface area contributed by atoms with Crippen LogP contribution in [-0.4, -0.2) is 31.7 Å². The van der Waals surface area contributed by atoms with Crippen molar-refractivity contribution in [1.29, 1.82) is 0 Å². The van der Waals surface area contributed by atoms with Crippen molar-refractivity contribution >= 4 is 35.0 Å². The highest BCUT2D eigenvalue weighted by Crippen LogP contribution is 2.61. The molecule has 2 aromatic heterocycles. The van der Waals surface area contributed by atoms with Crippen LogP contribution in [0.1, 0.15) is 26.7 Å². The first kappa shape index (κ1) is 20.8. The summed E-state index contributed by atoms with van der Waals surface area (Å²) in [6.07, 6.45) is 7.00. The second-order valence-corrected chi connectivity index (χ2v) is 9.71. The average molecular weight is 452 g/mol. The number of carbonyl (C=O) groups is 1. The maximum absolute atomic E-state index is 12.1. The number of aromatic nitrogens is 4. The van der Waals surface area contributed by atoms with Crippen LogP contribution in [0, 0.1) is 23.2 Å². The monoisotopic (exact) mass is 451 g/mol. The lowest BCUT2D eigenvalue weighted by atomic mass is 9.45. The number of primary amides is 1. The van der Waals surface area contributed by atoms with E-state index in [4.69, 9.17) is 17.3 Å². The molecule has 3 saturated carbocycles. The molecule has 3 fully saturated rings. The summed E-state index contributed by atoms with van der Waals surface area (Å²) in [6.45, 7) is 4.52. The van der Waals surface area contributed by atoms with Crippen molar-refractivity contribution in [2.24, 2.45) is 28.9 Å². The molecule has 1 amide bonds. The molecule has 3 aliphatic rings. The normalized spacial score (nSPS) is 25.6. The van der Waals surface area contributed by atoms with Gasteiger partial charge in [-0.15, -0.1) is 0 Å². The summed E-state index contributed by atoms with van der Waals surface area (Å²) in [5, 5.41) is 11.4. The van der Waals surface area contributed by atoms with E-state index in [2.05, 4.69) is 39.5 Å². The first-order valence-electron chi connectivity index (χ1n) is 10.8. The van der Waals surface area contributed by atoms with Gasteiger partial charge in [0, 0.05) is 6.04 Å². The lowest BCUT2D eigenvalue weighted by molar-refractivity contribution is -0.139. The SMILES string of the molecule is CC1(C)[C@H]2C[C@H](C(N)=O)[C@H](Nc3nc(Nc4cnn(-c5ccccc5)c4)ncc3Cl)[C@@H]1C2. The van der Waals surface area contributed by atoms with Crippen molar-refractivity contribution < 1.29 is 4.79 Å². The van der Waals surface area contributed by atoms with Crippen LogP contribution < -0.4 is 16.4 Å². The Labute approximate surface area is 191 Å². The fourth-order valence-electron chi connectivity index (χ4n) is 5.22. The number of para-hydroxylation sites is 1. The van der Waals surface area contributed by atoms with Gasteiger partial charge in [-0.1, -0.05) is 43.6 Å². The number of nitrogens with zero attached hydrogens (tertiary/aromatic N) is 4. The van der Waals surface area contributed by atoms with E-state index in [-0.39, 0.29) is 23.3 Å². The van der Waals surface area contributed by atoms with Gasteiger partial charge in [-0.05, 0) is 42.2 Å². The molecule has 9 heteroatoms. The van der Waals surface area contributed by atoms with Gasteiger partial charge in [-0.3, -0.25) is 4.79 Å². The molecule has 4 atom stereocenters. The second kappa shape index (κ2) is 7.78. The van der Waals surface area contributed by atoms with Gasteiger partial charge in [0.1, 0.15) is 5.02 Å². The summed E-state index contributed by atoms with van der Waals surface area (Å²) < 4.78 is 1.77. The summed E-state index contributed by atoms with van der Waals surface area (Å²) in [7, 11) is 0. The Morgan fingerprint density at radius 3 is 2.72 bits per heavy atom. The third kappa shape index (κ3) is 3.58. The molecule has 8 nitrogen and oxygen atoms in total. The van der Waals surface area contributed by atoms with E-state index in [1.807, 2.05) is 36.5 Å². The lowest BCUT2D eigenvalue weighted by Gasteiger charge is -2.62. The average Bonchev–Trinajstić information content (AvgIpc) is 3.24. The van der Waals surface area contributed by atoms with Crippen LogP contribution in [0.5, 0.6) is 0 Å². The highest BCUT2D eigenvalue weighted by molar-refractivity contribution is 6.32. The quantitative estimate of drug-likeness (QED) is 0.522. The molecule has 0 saturated heterocycles. The predicted molar refractivity (Wildman–Crippen MR) is 124 cm³/mol. The van der Waals surface area contributed by atoms with Crippen molar-refractivity contribution in [2.75, 3.05) is 10.6 Å². The number of anilines is 3. The number of hydrogen-bond donors (Lipinski definition) is 3. The summed E-state index contributed by atoms with van der Waals surface area (Å²) in [5.74, 6) is 1.24. The fourth-order valence-corrected chi connectivity index (χ4v) is 5.36. The Hall–Kier alpha value is -3.13. The molecule has 166 valence electrons. The standard InChI is InChI=1S/C23H26ClN7O/c1-23(2)13-8-16(20(25)32)19(17(23)9-13)29-21-18(24)11-26-22(30-21)28-14-10-27-31(12-14)15-6-4-3-5-7-15/h3-7,10-13,16-17,19H,8-9H2,1-2H3,(H2,25,32)(H2,26,28,29,30)/t13-,16-,17-,19-/m0/s1. The van der Waals surface area contributed by atoms with Crippen LogP contribution in [0.4, 0.5) is 17.5 Å². The zero-order valence-electron chi connectivity index (χ0n) is 18.0. The summed E-state index contributed by atoms with van der Waals surface area (Å²) >= 11 is 6.41. The van der Waals surface area contributed by atoms with Crippen LogP contribution in [-0.2, 0) is 4.79 Å². The van der Waals surface area contributed by atoms with Crippen molar-refractivity contribution in [1.82, 2.24) is 19.7 Å². The molecule has 0 aliphatic heterocycles. The van der Waals surface area contributed by atoms with E-state index in [1.165, 1.54) is 0 Å². The van der Waals surface area contributed by atoms with Gasteiger partial charge < -0.3 is 16.4 Å². The summed E-state index contributed by atoms with van der Waals surface area (Å²) in [4.78, 5) is 21.0. The molecule has 0 radical (unpaired) electrons. The predicted octanol–water partition coefficient (Wildman–Crippen LogP) is 4.01. The number of carbonyl (C=O) groups excluding carboxylic acids is 1. The van der Waals surface area contributed by atoms with Crippen LogP contribution in [0.15, 0.2) is 48.9 Å². The highest BCUT2D eigenvalue weighted by Gasteiger charge is 2.59. The Morgan fingerprint density at radius 1 is 1.22 bits per heavy atom. The van der Waals surface area contributed by atoms with E-state index < -0.39 is 0 Å². The molecule has 6 rings (SSSR count). The summed E-state index contributed by atoms with van der Waals surface area (Å²) in [5.41, 5.74) is 7.60. The molecule has 3 aromatic rings. The lowest BCUT2D eigenvalue weighted by Crippen LogP contribution is -2.62. The molecule has 1 aromatic carbocycles. The number of rotatable bonds is 6. The van der Waals surface area contributed by atoms with Gasteiger partial charge in [0.15, 0.2) is 5.82 Å². The van der Waals surface area contributed by atoms with Crippen LogP contribution in [0.25, 0.3) is 5.69 Å². The van der Waals surface area contributed by atoms with Gasteiger partial charge >= 0.3 is 0 Å². The highest BCUT2D eigenvalue weighted by atomic mass is 35.5. The van der Waals surface area contributed by atoms with Gasteiger partial charge in [0.25, 0.3) is 0 Å². The van der Waals surface area contributed by atoms with Crippen molar-refractivity contribution in [2.45, 2.75) is 32.7 Å². The molecular weight excluding hydrogens is 426 g/mol. The van der Waals surface area contributed by atoms with Crippen molar-refractivity contribution in [3.63, 3.8) is 0 Å². The molecule has 2 bridgehead atoms. The topological polar surface area (TPSA) is 111 Å². The Kier molecular flexibility index (Phi) is 5.04. The number of nitrogens with two attached hydrogens (primary N) is 1. The van der Waals surface area contributed by atoms with Crippen molar-refractivity contribution in [3.8, 4) is 5.69 Å². The molecule has 0 spiro atoms. The third-order valence-electron chi connectivity index (χ3n) is 7.22. The fraction of sp³-hybridized carbons (Fsp3) is 0.391. The van der Waals surface area contributed by atoms with Crippen molar-refractivity contribution in [3.05, 3.63) is 53.9 Å². The smallest absolute Gasteiger partial charge is 0.229 e. The minimum atomic E-state index is -0.274. The van der Waals surface area contributed by atoms with Crippen LogP contribution >= 0.6 is 11.6 Å². The minimum absolute atomic E-state index is 0.103. The minimum Gasteiger partial charge on any atom is -0.369 e. The third-order valence-corrected chi connectivity index (χ3v) is 7.50. The molecule has 4 N–H and O–H groups in total. The zero-order chi connectivity index (χ0) is 22.5. The largest absolute Gasteiger partial charge is 0.369 e. The van der Waals surface area contributed by atoms with E-state index in [1.54, 1.807) is 17.1 Å². The number of amides is 1. The van der Waals surface area contributed by atoms with E-state index in [9.17, 15) is 4.79 Å². The Bertz CT molecular complexity index is 1150. The number of nitrogens with one attached hydrogen (secondary N) is 2. The number of benzene rings is 1. The maximum Gasteiger partial charge on any atom is 0.229 e. The van der Waals surface area contributed by atoms with Gasteiger partial charge in [-0.25, -0.2) is 9.67 Å². The van der Waals surface area contributed by atoms with E-state index in [0.717, 1.165) is 24.2 Å². The summed E-state index contributed by atoms with van der Waals surface area (Å²) in [6, 6.07) is 9.73. The zero-order valence-corrected chi connectivity index (χ0v) is 18.8. The Morgan fingerprint density at radius 2 is 2.00 bits per heavy atom. The number of fused-ring (bicyclic) bond motifs is 2. The van der Waals surface area contributed by atoms with Gasteiger partial charge in [0.05, 0.1) is 35.9 Å². The van der Waals surface area contributed by atoms with Gasteiger partial charge in [0.2, 0.25) is 11.9 Å². The maximum atomic E-state index is 12.1. The second-order valence-electron chi connectivity index (χ2n) is 9.30. The molecule has 2 heterocycles. The number of hydrogen-bond acceptors (Lipinski definition) is 6. The van der Waals surface area contributed by atoms with Crippen LogP contribution in [0.3, 0.4) is 0 Å². The molecule has 32 heavy (non-hydrogen) atoms. The van der Waals surface area contributed by atoms with Crippen LogP contribution in [0.2, 0.25) is 5.02 Å². The van der Waals surface area contributed by atoms with E-state index >= 15 is 0 Å². The Balaban J connectivity index is 1.36. The van der Waals surface area contributed by atoms with Gasteiger partial charge in [-0.2, -0.15) is 10.1 Å². The molecular formula is C23H26ClN7O. The number of halogens is 1. The first-order chi connectivity index (χ1) is 15.3.